The van der Waals surface area contributed by atoms with Crippen molar-refractivity contribution in [3.05, 3.63) is 12.4 Å². The molecule has 0 aliphatic carbocycles. The van der Waals surface area contributed by atoms with Gasteiger partial charge < -0.3 is 15.5 Å². The SMILES string of the molecule is CSc1cc(NC(C)(CO)CO)ncn1. The molecule has 0 spiro atoms. The Kier molecular flexibility index (Phi) is 4.31. The van der Waals surface area contributed by atoms with Gasteiger partial charge in [-0.25, -0.2) is 9.97 Å². The molecule has 0 radical (unpaired) electrons. The van der Waals surface area contributed by atoms with Crippen molar-refractivity contribution >= 4 is 17.6 Å². The first kappa shape index (κ1) is 12.2. The van der Waals surface area contributed by atoms with Gasteiger partial charge in [0.15, 0.2) is 0 Å². The lowest BCUT2D eigenvalue weighted by molar-refractivity contribution is 0.147. The minimum Gasteiger partial charge on any atom is -0.394 e. The maximum atomic E-state index is 9.10. The average Bonchev–Trinajstić information content (AvgIpc) is 2.29. The van der Waals surface area contributed by atoms with E-state index in [1.54, 1.807) is 13.0 Å². The van der Waals surface area contributed by atoms with Crippen molar-refractivity contribution in [1.82, 2.24) is 9.97 Å². The number of hydrogen-bond donors (Lipinski definition) is 3. The summed E-state index contributed by atoms with van der Waals surface area (Å²) in [4.78, 5) is 8.04. The van der Waals surface area contributed by atoms with Crippen LogP contribution in [0.3, 0.4) is 0 Å². The molecule has 0 amide bonds. The second-order valence-electron chi connectivity index (χ2n) is 3.45. The van der Waals surface area contributed by atoms with E-state index in [-0.39, 0.29) is 13.2 Å². The normalized spacial score (nSPS) is 11.5. The van der Waals surface area contributed by atoms with Crippen molar-refractivity contribution in [2.45, 2.75) is 17.5 Å². The summed E-state index contributed by atoms with van der Waals surface area (Å²) in [5.41, 5.74) is -0.760. The Morgan fingerprint density at radius 3 is 2.60 bits per heavy atom. The van der Waals surface area contributed by atoms with Gasteiger partial charge in [-0.3, -0.25) is 0 Å². The zero-order valence-electron chi connectivity index (χ0n) is 8.77. The van der Waals surface area contributed by atoms with Gasteiger partial charge in [0.05, 0.1) is 18.8 Å². The van der Waals surface area contributed by atoms with Gasteiger partial charge in [0.2, 0.25) is 0 Å². The number of nitrogens with zero attached hydrogens (tertiary/aromatic N) is 2. The molecule has 1 rings (SSSR count). The lowest BCUT2D eigenvalue weighted by atomic mass is 10.1. The Labute approximate surface area is 93.0 Å². The van der Waals surface area contributed by atoms with Crippen LogP contribution in [-0.2, 0) is 0 Å². The third-order valence-electron chi connectivity index (χ3n) is 1.98. The first-order chi connectivity index (χ1) is 7.13. The summed E-state index contributed by atoms with van der Waals surface area (Å²) in [7, 11) is 0. The van der Waals surface area contributed by atoms with E-state index >= 15 is 0 Å². The van der Waals surface area contributed by atoms with E-state index in [9.17, 15) is 0 Å². The largest absolute Gasteiger partial charge is 0.394 e. The fraction of sp³-hybridized carbons (Fsp3) is 0.556. The van der Waals surface area contributed by atoms with Crippen LogP contribution in [0, 0.1) is 0 Å². The number of anilines is 1. The summed E-state index contributed by atoms with van der Waals surface area (Å²) in [6, 6.07) is 1.77. The highest BCUT2D eigenvalue weighted by molar-refractivity contribution is 7.98. The molecule has 0 bridgehead atoms. The number of aliphatic hydroxyl groups excluding tert-OH is 2. The predicted octanol–water partition coefficient (Wildman–Crippen LogP) is 0.354. The van der Waals surface area contributed by atoms with E-state index in [0.717, 1.165) is 5.03 Å². The summed E-state index contributed by atoms with van der Waals surface area (Å²) in [6.45, 7) is 1.39. The predicted molar refractivity (Wildman–Crippen MR) is 60.0 cm³/mol. The fourth-order valence-corrected chi connectivity index (χ4v) is 1.34. The highest BCUT2D eigenvalue weighted by Gasteiger charge is 2.22. The van der Waals surface area contributed by atoms with Gasteiger partial charge in [0, 0.05) is 6.07 Å². The zero-order chi connectivity index (χ0) is 11.3. The molecule has 1 heterocycles. The van der Waals surface area contributed by atoms with Crippen LogP contribution in [-0.4, -0.2) is 45.2 Å². The molecule has 0 atom stereocenters. The lowest BCUT2D eigenvalue weighted by Gasteiger charge is -2.26. The van der Waals surface area contributed by atoms with Gasteiger partial charge in [0.25, 0.3) is 0 Å². The minimum absolute atomic E-state index is 0.165. The molecule has 84 valence electrons. The molecule has 5 nitrogen and oxygen atoms in total. The Hall–Kier alpha value is -0.850. The van der Waals surface area contributed by atoms with Gasteiger partial charge >= 0.3 is 0 Å². The van der Waals surface area contributed by atoms with Crippen LogP contribution in [0.15, 0.2) is 17.4 Å². The second-order valence-corrected chi connectivity index (χ2v) is 4.27. The smallest absolute Gasteiger partial charge is 0.131 e. The van der Waals surface area contributed by atoms with Crippen molar-refractivity contribution < 1.29 is 10.2 Å². The quantitative estimate of drug-likeness (QED) is 0.499. The van der Waals surface area contributed by atoms with E-state index in [0.29, 0.717) is 5.82 Å². The molecule has 1 aromatic rings. The molecule has 0 aliphatic rings. The number of aliphatic hydroxyl groups is 2. The topological polar surface area (TPSA) is 78.3 Å². The molecule has 15 heavy (non-hydrogen) atoms. The van der Waals surface area contributed by atoms with E-state index in [1.807, 2.05) is 6.26 Å². The minimum atomic E-state index is -0.760. The van der Waals surface area contributed by atoms with E-state index in [1.165, 1.54) is 18.1 Å². The molecule has 0 unspecified atom stereocenters. The van der Waals surface area contributed by atoms with Gasteiger partial charge in [-0.05, 0) is 13.2 Å². The molecule has 3 N–H and O–H groups in total. The number of rotatable bonds is 5. The van der Waals surface area contributed by atoms with Crippen molar-refractivity contribution in [2.24, 2.45) is 0 Å². The maximum Gasteiger partial charge on any atom is 0.131 e. The first-order valence-electron chi connectivity index (χ1n) is 4.49. The highest BCUT2D eigenvalue weighted by Crippen LogP contribution is 2.17. The number of hydrogen-bond acceptors (Lipinski definition) is 6. The zero-order valence-corrected chi connectivity index (χ0v) is 9.58. The van der Waals surface area contributed by atoms with Gasteiger partial charge in [-0.1, -0.05) is 0 Å². The van der Waals surface area contributed by atoms with Crippen LogP contribution in [0.2, 0.25) is 0 Å². The summed E-state index contributed by atoms with van der Waals surface area (Å²) < 4.78 is 0. The van der Waals surface area contributed by atoms with Crippen LogP contribution in [0.4, 0.5) is 5.82 Å². The molecule has 0 aromatic carbocycles. The van der Waals surface area contributed by atoms with Crippen molar-refractivity contribution in [3.63, 3.8) is 0 Å². The maximum absolute atomic E-state index is 9.10. The van der Waals surface area contributed by atoms with Gasteiger partial charge in [0.1, 0.15) is 17.2 Å². The van der Waals surface area contributed by atoms with Crippen LogP contribution in [0.1, 0.15) is 6.92 Å². The molecular weight excluding hydrogens is 214 g/mol. The van der Waals surface area contributed by atoms with Gasteiger partial charge in [-0.2, -0.15) is 0 Å². The van der Waals surface area contributed by atoms with E-state index in [2.05, 4.69) is 15.3 Å². The Morgan fingerprint density at radius 1 is 1.40 bits per heavy atom. The molecule has 0 saturated carbocycles. The fourth-order valence-electron chi connectivity index (χ4n) is 0.958. The monoisotopic (exact) mass is 229 g/mol. The first-order valence-corrected chi connectivity index (χ1v) is 5.72. The Morgan fingerprint density at radius 2 is 2.07 bits per heavy atom. The molecule has 6 heteroatoms. The third-order valence-corrected chi connectivity index (χ3v) is 2.62. The summed E-state index contributed by atoms with van der Waals surface area (Å²) >= 11 is 1.51. The standard InChI is InChI=1S/C9H15N3O2S/c1-9(4-13,5-14)12-7-3-8(15-2)11-6-10-7/h3,6,13-14H,4-5H2,1-2H3,(H,10,11,12). The number of nitrogens with one attached hydrogen (secondary N) is 1. The van der Waals surface area contributed by atoms with Crippen LogP contribution >= 0.6 is 11.8 Å². The third kappa shape index (κ3) is 3.33. The molecular formula is C9H15N3O2S. The summed E-state index contributed by atoms with van der Waals surface area (Å²) in [6.07, 6.45) is 3.37. The molecule has 0 fully saturated rings. The summed E-state index contributed by atoms with van der Waals surface area (Å²) in [5.74, 6) is 0.597. The second kappa shape index (κ2) is 5.29. The molecule has 1 aromatic heterocycles. The summed E-state index contributed by atoms with van der Waals surface area (Å²) in [5, 5.41) is 22.0. The van der Waals surface area contributed by atoms with Crippen LogP contribution in [0.5, 0.6) is 0 Å². The van der Waals surface area contributed by atoms with Crippen molar-refractivity contribution in [1.29, 1.82) is 0 Å². The van der Waals surface area contributed by atoms with Crippen LogP contribution < -0.4 is 5.32 Å². The number of aromatic nitrogens is 2. The van der Waals surface area contributed by atoms with Crippen molar-refractivity contribution in [2.75, 3.05) is 24.8 Å². The van der Waals surface area contributed by atoms with E-state index in [4.69, 9.17) is 10.2 Å². The molecule has 0 saturated heterocycles. The lowest BCUT2D eigenvalue weighted by Crippen LogP contribution is -2.42. The van der Waals surface area contributed by atoms with Crippen molar-refractivity contribution in [3.8, 4) is 0 Å². The Balaban J connectivity index is 2.79. The Bertz CT molecular complexity index is 318. The molecule has 0 aliphatic heterocycles. The van der Waals surface area contributed by atoms with Crippen LogP contribution in [0.25, 0.3) is 0 Å². The highest BCUT2D eigenvalue weighted by atomic mass is 32.2. The van der Waals surface area contributed by atoms with E-state index < -0.39 is 5.54 Å². The van der Waals surface area contributed by atoms with Gasteiger partial charge in [-0.15, -0.1) is 11.8 Å². The average molecular weight is 229 g/mol. The number of thioether (sulfide) groups is 1.